The van der Waals surface area contributed by atoms with Gasteiger partial charge in [-0.1, -0.05) is 28.9 Å². The highest BCUT2D eigenvalue weighted by molar-refractivity contribution is 9.10. The molecule has 0 bridgehead atoms. The third-order valence-electron chi connectivity index (χ3n) is 2.91. The molecule has 1 aromatic heterocycles. The lowest BCUT2D eigenvalue weighted by molar-refractivity contribution is 0.601. The molecule has 0 radical (unpaired) electrons. The molecule has 1 heterocycles. The molecule has 0 aliphatic carbocycles. The average Bonchev–Trinajstić information content (AvgIpc) is 2.90. The van der Waals surface area contributed by atoms with Crippen molar-refractivity contribution < 1.29 is 8.42 Å². The molecular formula is C14H17BrN2O2S2. The predicted octanol–water partition coefficient (Wildman–Crippen LogP) is 3.73. The lowest BCUT2D eigenvalue weighted by Crippen LogP contribution is -2.13. The first-order valence-electron chi connectivity index (χ1n) is 6.49. The molecule has 0 unspecified atom stereocenters. The van der Waals surface area contributed by atoms with Gasteiger partial charge in [0.05, 0.1) is 4.90 Å². The summed E-state index contributed by atoms with van der Waals surface area (Å²) in [5, 5.41) is 4.85. The van der Waals surface area contributed by atoms with Crippen molar-refractivity contribution in [3.63, 3.8) is 0 Å². The summed E-state index contributed by atoms with van der Waals surface area (Å²) in [7, 11) is -3.54. The lowest BCUT2D eigenvalue weighted by atomic mass is 10.2. The molecule has 1 aromatic carbocycles. The molecule has 0 saturated heterocycles. The standard InChI is InChI=1S/C14H17BrN2O2S2/c1-3-16-8-12-7-13(9-20-12)21(18,19)17-11-5-4-10(2)14(15)6-11/h4-7,9,16-17H,3,8H2,1-2H3. The van der Waals surface area contributed by atoms with Gasteiger partial charge in [0.1, 0.15) is 0 Å². The maximum Gasteiger partial charge on any atom is 0.262 e. The first-order chi connectivity index (χ1) is 9.92. The number of hydrogen-bond donors (Lipinski definition) is 2. The molecule has 2 N–H and O–H groups in total. The highest BCUT2D eigenvalue weighted by atomic mass is 79.9. The van der Waals surface area contributed by atoms with Gasteiger partial charge in [-0.2, -0.15) is 0 Å². The normalized spacial score (nSPS) is 11.6. The molecule has 114 valence electrons. The topological polar surface area (TPSA) is 58.2 Å². The predicted molar refractivity (Wildman–Crippen MR) is 91.4 cm³/mol. The Kier molecular flexibility index (Phi) is 5.43. The number of benzene rings is 1. The van der Waals surface area contributed by atoms with E-state index in [1.807, 2.05) is 19.9 Å². The molecule has 0 saturated carbocycles. The van der Waals surface area contributed by atoms with Crippen LogP contribution in [0.15, 0.2) is 39.0 Å². The Balaban J connectivity index is 2.17. The van der Waals surface area contributed by atoms with Crippen molar-refractivity contribution in [3.8, 4) is 0 Å². The number of sulfonamides is 1. The molecule has 0 amide bonds. The van der Waals surface area contributed by atoms with E-state index in [1.165, 1.54) is 11.3 Å². The number of aryl methyl sites for hydroxylation is 1. The summed E-state index contributed by atoms with van der Waals surface area (Å²) in [4.78, 5) is 1.31. The number of rotatable bonds is 6. The summed E-state index contributed by atoms with van der Waals surface area (Å²) in [6.07, 6.45) is 0. The summed E-state index contributed by atoms with van der Waals surface area (Å²) >= 11 is 4.84. The zero-order valence-corrected chi connectivity index (χ0v) is 15.0. The van der Waals surface area contributed by atoms with Crippen molar-refractivity contribution in [1.29, 1.82) is 0 Å². The Morgan fingerprint density at radius 1 is 1.29 bits per heavy atom. The number of halogens is 1. The summed E-state index contributed by atoms with van der Waals surface area (Å²) in [5.74, 6) is 0. The van der Waals surface area contributed by atoms with Crippen LogP contribution in [0.4, 0.5) is 5.69 Å². The van der Waals surface area contributed by atoms with Crippen LogP contribution >= 0.6 is 27.3 Å². The smallest absolute Gasteiger partial charge is 0.262 e. The van der Waals surface area contributed by atoms with Crippen LogP contribution in [0, 0.1) is 6.92 Å². The van der Waals surface area contributed by atoms with Gasteiger partial charge in [-0.05, 0) is 37.2 Å². The second-order valence-corrected chi connectivity index (χ2v) is 8.13. The lowest BCUT2D eigenvalue weighted by Gasteiger charge is -2.08. The number of hydrogen-bond acceptors (Lipinski definition) is 4. The van der Waals surface area contributed by atoms with Crippen LogP contribution in [-0.4, -0.2) is 15.0 Å². The second-order valence-electron chi connectivity index (χ2n) is 4.60. The van der Waals surface area contributed by atoms with Crippen molar-refractivity contribution in [2.75, 3.05) is 11.3 Å². The van der Waals surface area contributed by atoms with Gasteiger partial charge in [-0.3, -0.25) is 4.72 Å². The summed E-state index contributed by atoms with van der Waals surface area (Å²) in [6, 6.07) is 7.09. The van der Waals surface area contributed by atoms with Crippen LogP contribution in [0.3, 0.4) is 0 Å². The van der Waals surface area contributed by atoms with Crippen LogP contribution in [0.5, 0.6) is 0 Å². The molecule has 0 aliphatic rings. The van der Waals surface area contributed by atoms with E-state index in [1.54, 1.807) is 23.6 Å². The van der Waals surface area contributed by atoms with Crippen molar-refractivity contribution >= 4 is 43.0 Å². The Morgan fingerprint density at radius 2 is 2.05 bits per heavy atom. The molecule has 7 heteroatoms. The highest BCUT2D eigenvalue weighted by Gasteiger charge is 2.16. The van der Waals surface area contributed by atoms with Crippen LogP contribution in [0.1, 0.15) is 17.4 Å². The van der Waals surface area contributed by atoms with Gasteiger partial charge in [0.15, 0.2) is 0 Å². The minimum absolute atomic E-state index is 0.303. The van der Waals surface area contributed by atoms with E-state index in [0.29, 0.717) is 17.1 Å². The van der Waals surface area contributed by atoms with Gasteiger partial charge in [0, 0.05) is 27.0 Å². The van der Waals surface area contributed by atoms with E-state index in [-0.39, 0.29) is 0 Å². The summed E-state index contributed by atoms with van der Waals surface area (Å²) < 4.78 is 28.2. The van der Waals surface area contributed by atoms with Gasteiger partial charge in [-0.25, -0.2) is 8.42 Å². The van der Waals surface area contributed by atoms with Crippen LogP contribution in [0.25, 0.3) is 0 Å². The van der Waals surface area contributed by atoms with E-state index in [4.69, 9.17) is 0 Å². The third-order valence-corrected chi connectivity index (χ3v) is 6.21. The van der Waals surface area contributed by atoms with Crippen molar-refractivity contribution in [2.45, 2.75) is 25.3 Å². The van der Waals surface area contributed by atoms with E-state index in [9.17, 15) is 8.42 Å². The number of thiophene rings is 1. The minimum Gasteiger partial charge on any atom is -0.312 e. The number of nitrogens with one attached hydrogen (secondary N) is 2. The maximum absolute atomic E-state index is 12.3. The minimum atomic E-state index is -3.54. The SMILES string of the molecule is CCNCc1cc(S(=O)(=O)Nc2ccc(C)c(Br)c2)cs1. The fourth-order valence-corrected chi connectivity index (χ4v) is 4.39. The zero-order valence-electron chi connectivity index (χ0n) is 11.8. The molecular weight excluding hydrogens is 372 g/mol. The van der Waals surface area contributed by atoms with Crippen molar-refractivity contribution in [2.24, 2.45) is 0 Å². The van der Waals surface area contributed by atoms with Gasteiger partial charge in [0.2, 0.25) is 0 Å². The molecule has 4 nitrogen and oxygen atoms in total. The molecule has 2 rings (SSSR count). The van der Waals surface area contributed by atoms with Crippen molar-refractivity contribution in [3.05, 3.63) is 44.6 Å². The second kappa shape index (κ2) is 6.91. The van der Waals surface area contributed by atoms with Crippen molar-refractivity contribution in [1.82, 2.24) is 5.32 Å². The zero-order chi connectivity index (χ0) is 15.5. The highest BCUT2D eigenvalue weighted by Crippen LogP contribution is 2.25. The summed E-state index contributed by atoms with van der Waals surface area (Å²) in [5.41, 5.74) is 1.60. The van der Waals surface area contributed by atoms with Crippen LogP contribution < -0.4 is 10.0 Å². The molecule has 0 atom stereocenters. The van der Waals surface area contributed by atoms with E-state index in [2.05, 4.69) is 26.0 Å². The molecule has 21 heavy (non-hydrogen) atoms. The largest absolute Gasteiger partial charge is 0.312 e. The molecule has 0 spiro atoms. The van der Waals surface area contributed by atoms with E-state index < -0.39 is 10.0 Å². The van der Waals surface area contributed by atoms with Gasteiger partial charge in [0.25, 0.3) is 10.0 Å². The summed E-state index contributed by atoms with van der Waals surface area (Å²) in [6.45, 7) is 5.51. The Morgan fingerprint density at radius 3 is 2.71 bits per heavy atom. The third kappa shape index (κ3) is 4.29. The van der Waals surface area contributed by atoms with Gasteiger partial charge in [-0.15, -0.1) is 11.3 Å². The Hall–Kier alpha value is -0.890. The fourth-order valence-electron chi connectivity index (χ4n) is 1.71. The first kappa shape index (κ1) is 16.5. The average molecular weight is 389 g/mol. The van der Waals surface area contributed by atoms with Crippen LogP contribution in [-0.2, 0) is 16.6 Å². The Bertz CT molecular complexity index is 726. The van der Waals surface area contributed by atoms with E-state index >= 15 is 0 Å². The molecule has 0 aliphatic heterocycles. The molecule has 0 fully saturated rings. The van der Waals surface area contributed by atoms with Gasteiger partial charge < -0.3 is 5.32 Å². The van der Waals surface area contributed by atoms with E-state index in [0.717, 1.165) is 21.5 Å². The molecule has 2 aromatic rings. The van der Waals surface area contributed by atoms with Crippen LogP contribution in [0.2, 0.25) is 0 Å². The first-order valence-corrected chi connectivity index (χ1v) is 9.65. The van der Waals surface area contributed by atoms with Gasteiger partial charge >= 0.3 is 0 Å². The fraction of sp³-hybridized carbons (Fsp3) is 0.286. The monoisotopic (exact) mass is 388 g/mol. The number of anilines is 1. The Labute approximate surface area is 137 Å². The maximum atomic E-state index is 12.3. The quantitative estimate of drug-likeness (QED) is 0.792.